The Balaban J connectivity index is 1.65. The summed E-state index contributed by atoms with van der Waals surface area (Å²) in [5.41, 5.74) is 1.35. The van der Waals surface area contributed by atoms with Gasteiger partial charge in [0, 0.05) is 37.9 Å². The van der Waals surface area contributed by atoms with E-state index in [0.29, 0.717) is 12.1 Å². The predicted molar refractivity (Wildman–Crippen MR) is 74.2 cm³/mol. The predicted octanol–water partition coefficient (Wildman–Crippen LogP) is 1.20. The third-order valence-electron chi connectivity index (χ3n) is 4.21. The number of hydrogen-bond acceptors (Lipinski definition) is 4. The molecule has 0 aliphatic carbocycles. The van der Waals surface area contributed by atoms with Crippen LogP contribution < -0.4 is 5.32 Å². The molecule has 2 unspecified atom stereocenters. The average molecular weight is 264 g/mol. The number of imidazole rings is 1. The van der Waals surface area contributed by atoms with Gasteiger partial charge in [0.2, 0.25) is 0 Å². The smallest absolute Gasteiger partial charge is 0.0951 e. The van der Waals surface area contributed by atoms with Gasteiger partial charge < -0.3 is 14.6 Å². The second-order valence-corrected chi connectivity index (χ2v) is 5.64. The Morgan fingerprint density at radius 3 is 3.05 bits per heavy atom. The Kier molecular flexibility index (Phi) is 4.15. The molecule has 5 nitrogen and oxygen atoms in total. The summed E-state index contributed by atoms with van der Waals surface area (Å²) in [5, 5.41) is 3.56. The van der Waals surface area contributed by atoms with E-state index in [2.05, 4.69) is 26.7 Å². The van der Waals surface area contributed by atoms with Crippen LogP contribution in [0, 0.1) is 0 Å². The number of rotatable bonds is 4. The van der Waals surface area contributed by atoms with Crippen LogP contribution >= 0.6 is 0 Å². The molecule has 0 spiro atoms. The summed E-state index contributed by atoms with van der Waals surface area (Å²) < 4.78 is 7.75. The van der Waals surface area contributed by atoms with Crippen molar-refractivity contribution in [1.29, 1.82) is 0 Å². The van der Waals surface area contributed by atoms with Crippen LogP contribution in [0.4, 0.5) is 0 Å². The second-order valence-electron chi connectivity index (χ2n) is 5.64. The summed E-state index contributed by atoms with van der Waals surface area (Å²) in [6.07, 6.45) is 6.52. The molecule has 2 fully saturated rings. The molecule has 2 saturated heterocycles. The Hall–Kier alpha value is -0.910. The summed E-state index contributed by atoms with van der Waals surface area (Å²) >= 11 is 0. The molecule has 2 aliphatic rings. The van der Waals surface area contributed by atoms with Crippen molar-refractivity contribution in [1.82, 2.24) is 19.8 Å². The van der Waals surface area contributed by atoms with Crippen LogP contribution in [0.1, 0.15) is 37.5 Å². The Labute approximate surface area is 114 Å². The molecule has 1 aromatic rings. The second kappa shape index (κ2) is 6.03. The minimum Gasteiger partial charge on any atom is -0.379 e. The van der Waals surface area contributed by atoms with Gasteiger partial charge in [-0.3, -0.25) is 4.90 Å². The molecule has 3 rings (SSSR count). The van der Waals surface area contributed by atoms with Gasteiger partial charge in [-0.2, -0.15) is 0 Å². The minimum atomic E-state index is 0.470. The normalized spacial score (nSPS) is 26.7. The van der Waals surface area contributed by atoms with Crippen molar-refractivity contribution in [3.05, 3.63) is 18.2 Å². The van der Waals surface area contributed by atoms with Crippen molar-refractivity contribution < 1.29 is 4.74 Å². The molecule has 0 amide bonds. The quantitative estimate of drug-likeness (QED) is 0.887. The van der Waals surface area contributed by atoms with E-state index in [4.69, 9.17) is 4.74 Å². The zero-order valence-electron chi connectivity index (χ0n) is 11.7. The molecule has 0 aromatic carbocycles. The number of hydrogen-bond donors (Lipinski definition) is 1. The fourth-order valence-corrected chi connectivity index (χ4v) is 3.14. The highest BCUT2D eigenvalue weighted by Gasteiger charge is 2.22. The van der Waals surface area contributed by atoms with Gasteiger partial charge >= 0.3 is 0 Å². The maximum absolute atomic E-state index is 5.41. The lowest BCUT2D eigenvalue weighted by atomic mass is 10.1. The Bertz CT molecular complexity index is 394. The molecule has 2 aliphatic heterocycles. The summed E-state index contributed by atoms with van der Waals surface area (Å²) in [6, 6.07) is 0.965. The third kappa shape index (κ3) is 2.99. The maximum Gasteiger partial charge on any atom is 0.0951 e. The van der Waals surface area contributed by atoms with Crippen molar-refractivity contribution in [2.24, 2.45) is 0 Å². The van der Waals surface area contributed by atoms with Gasteiger partial charge in [0.15, 0.2) is 0 Å². The van der Waals surface area contributed by atoms with Crippen LogP contribution in [0.3, 0.4) is 0 Å². The van der Waals surface area contributed by atoms with Crippen LogP contribution in [0.25, 0.3) is 0 Å². The highest BCUT2D eigenvalue weighted by molar-refractivity contribution is 5.08. The van der Waals surface area contributed by atoms with E-state index in [1.807, 2.05) is 12.5 Å². The van der Waals surface area contributed by atoms with E-state index in [0.717, 1.165) is 39.4 Å². The Morgan fingerprint density at radius 1 is 1.47 bits per heavy atom. The Morgan fingerprint density at radius 2 is 2.32 bits per heavy atom. The fraction of sp³-hybridized carbons (Fsp3) is 0.786. The molecule has 3 heterocycles. The van der Waals surface area contributed by atoms with Crippen molar-refractivity contribution in [2.75, 3.05) is 39.4 Å². The van der Waals surface area contributed by atoms with Crippen molar-refractivity contribution in [2.45, 2.75) is 31.8 Å². The maximum atomic E-state index is 5.41. The van der Waals surface area contributed by atoms with Crippen LogP contribution in [-0.2, 0) is 4.74 Å². The van der Waals surface area contributed by atoms with E-state index in [9.17, 15) is 0 Å². The van der Waals surface area contributed by atoms with Crippen LogP contribution in [0.2, 0.25) is 0 Å². The van der Waals surface area contributed by atoms with E-state index in [1.165, 1.54) is 18.5 Å². The molecule has 2 atom stereocenters. The zero-order valence-corrected chi connectivity index (χ0v) is 11.7. The van der Waals surface area contributed by atoms with E-state index >= 15 is 0 Å². The first kappa shape index (κ1) is 13.1. The highest BCUT2D eigenvalue weighted by atomic mass is 16.5. The van der Waals surface area contributed by atoms with Crippen LogP contribution in [0.5, 0.6) is 0 Å². The molecule has 106 valence electrons. The van der Waals surface area contributed by atoms with Gasteiger partial charge in [-0.1, -0.05) is 0 Å². The molecule has 0 radical (unpaired) electrons. The lowest BCUT2D eigenvalue weighted by molar-refractivity contribution is 0.0323. The van der Waals surface area contributed by atoms with Gasteiger partial charge in [-0.15, -0.1) is 0 Å². The molecule has 1 aromatic heterocycles. The lowest BCUT2D eigenvalue weighted by Crippen LogP contribution is -2.39. The topological polar surface area (TPSA) is 42.3 Å². The van der Waals surface area contributed by atoms with Crippen molar-refractivity contribution in [3.63, 3.8) is 0 Å². The van der Waals surface area contributed by atoms with Gasteiger partial charge in [-0.05, 0) is 26.3 Å². The standard InChI is InChI=1S/C14H24N4O/c1-12(10-17-5-7-19-8-6-17)18-11-15-9-14(18)13-3-2-4-16-13/h9,11-13,16H,2-8,10H2,1H3. The first-order valence-electron chi connectivity index (χ1n) is 7.40. The molecule has 0 bridgehead atoms. The van der Waals surface area contributed by atoms with Gasteiger partial charge in [0.05, 0.1) is 25.2 Å². The molecular weight excluding hydrogens is 240 g/mol. The van der Waals surface area contributed by atoms with Crippen molar-refractivity contribution in [3.8, 4) is 0 Å². The summed E-state index contributed by atoms with van der Waals surface area (Å²) in [7, 11) is 0. The largest absolute Gasteiger partial charge is 0.379 e. The number of morpholine rings is 1. The SMILES string of the molecule is CC(CN1CCOCC1)n1cncc1C1CCCN1. The van der Waals surface area contributed by atoms with E-state index < -0.39 is 0 Å². The van der Waals surface area contributed by atoms with Gasteiger partial charge in [0.1, 0.15) is 0 Å². The number of nitrogens with one attached hydrogen (secondary N) is 1. The van der Waals surface area contributed by atoms with Crippen LogP contribution in [0.15, 0.2) is 12.5 Å². The summed E-state index contributed by atoms with van der Waals surface area (Å²) in [4.78, 5) is 6.85. The monoisotopic (exact) mass is 264 g/mol. The molecule has 0 saturated carbocycles. The molecule has 1 N–H and O–H groups in total. The van der Waals surface area contributed by atoms with Crippen LogP contribution in [-0.4, -0.2) is 53.8 Å². The molecule has 19 heavy (non-hydrogen) atoms. The number of ether oxygens (including phenoxy) is 1. The molecule has 5 heteroatoms. The molecular formula is C14H24N4O. The lowest BCUT2D eigenvalue weighted by Gasteiger charge is -2.30. The third-order valence-corrected chi connectivity index (χ3v) is 4.21. The number of nitrogens with zero attached hydrogens (tertiary/aromatic N) is 3. The van der Waals surface area contributed by atoms with E-state index in [-0.39, 0.29) is 0 Å². The highest BCUT2D eigenvalue weighted by Crippen LogP contribution is 2.25. The summed E-state index contributed by atoms with van der Waals surface area (Å²) in [5.74, 6) is 0. The van der Waals surface area contributed by atoms with E-state index in [1.54, 1.807) is 0 Å². The average Bonchev–Trinajstić information content (AvgIpc) is 3.10. The zero-order chi connectivity index (χ0) is 13.1. The fourth-order valence-electron chi connectivity index (χ4n) is 3.14. The first-order chi connectivity index (χ1) is 9.34. The van der Waals surface area contributed by atoms with Crippen molar-refractivity contribution >= 4 is 0 Å². The summed E-state index contributed by atoms with van der Waals surface area (Å²) in [6.45, 7) is 8.34. The number of aromatic nitrogens is 2. The van der Waals surface area contributed by atoms with Gasteiger partial charge in [0.25, 0.3) is 0 Å². The van der Waals surface area contributed by atoms with Gasteiger partial charge in [-0.25, -0.2) is 4.98 Å². The first-order valence-corrected chi connectivity index (χ1v) is 7.40. The minimum absolute atomic E-state index is 0.470.